The van der Waals surface area contributed by atoms with Gasteiger partial charge in [-0.05, 0) is 57.1 Å². The molecule has 0 spiro atoms. The van der Waals surface area contributed by atoms with Crippen molar-refractivity contribution < 1.29 is 37.1 Å². The standard InChI is InChI=1S/C26H35N5O8S/c1-38-19-12-8-7-11-18(19)30-40(36,37)26-16-17(26)10-5-3-2-4-6-13-20(39-24(28)35)21(32)31-15-9-14-25(31,22(27)33)23(34)29-26/h5,7-8,10-12,17,20,30H,2-4,6,9,13-16H2,1H3,(H2,27,33)(H2,28,35)(H,29,34)/b10-5-. The number of nitrogens with one attached hydrogen (secondary N) is 2. The minimum atomic E-state index is -4.32. The van der Waals surface area contributed by atoms with Gasteiger partial charge in [-0.2, -0.15) is 0 Å². The molecule has 2 aliphatic heterocycles. The number of primary amides is 2. The molecular formula is C26H35N5O8S. The lowest BCUT2D eigenvalue weighted by atomic mass is 9.92. The number of carbonyl (C=O) groups excluding carboxylic acids is 4. The molecule has 3 aliphatic rings. The van der Waals surface area contributed by atoms with Crippen molar-refractivity contribution in [3.63, 3.8) is 0 Å². The summed E-state index contributed by atoms with van der Waals surface area (Å²) >= 11 is 0. The van der Waals surface area contributed by atoms with E-state index in [1.54, 1.807) is 24.3 Å². The molecule has 0 bridgehead atoms. The summed E-state index contributed by atoms with van der Waals surface area (Å²) in [6.45, 7) is -0.0175. The fourth-order valence-corrected chi connectivity index (χ4v) is 7.31. The van der Waals surface area contributed by atoms with E-state index < -0.39 is 56.3 Å². The highest BCUT2D eigenvalue weighted by molar-refractivity contribution is 7.94. The number of hydrogen-bond donors (Lipinski definition) is 4. The van der Waals surface area contributed by atoms with Crippen LogP contribution in [0.4, 0.5) is 10.5 Å². The molecule has 1 saturated heterocycles. The zero-order valence-electron chi connectivity index (χ0n) is 22.3. The van der Waals surface area contributed by atoms with Crippen LogP contribution < -0.4 is 26.2 Å². The number of fused-ring (bicyclic) bond motifs is 2. The van der Waals surface area contributed by atoms with Crippen molar-refractivity contribution in [3.8, 4) is 5.75 Å². The van der Waals surface area contributed by atoms with Crippen LogP contribution in [0.5, 0.6) is 5.75 Å². The molecule has 13 nitrogen and oxygen atoms in total. The van der Waals surface area contributed by atoms with E-state index in [4.69, 9.17) is 20.9 Å². The molecule has 4 amide bonds. The van der Waals surface area contributed by atoms with Crippen molar-refractivity contribution in [1.29, 1.82) is 0 Å². The molecule has 0 aromatic heterocycles. The fourth-order valence-electron chi connectivity index (χ4n) is 5.57. The van der Waals surface area contributed by atoms with Gasteiger partial charge in [-0.25, -0.2) is 13.2 Å². The topological polar surface area (TPSA) is 200 Å². The minimum Gasteiger partial charge on any atom is -0.495 e. The molecule has 1 saturated carbocycles. The number of sulfonamides is 1. The second-order valence-corrected chi connectivity index (χ2v) is 12.2. The molecule has 0 radical (unpaired) electrons. The molecule has 4 atom stereocenters. The lowest BCUT2D eigenvalue weighted by molar-refractivity contribution is -0.157. The van der Waals surface area contributed by atoms with Crippen LogP contribution in [-0.4, -0.2) is 67.3 Å². The van der Waals surface area contributed by atoms with E-state index >= 15 is 0 Å². The van der Waals surface area contributed by atoms with Crippen LogP contribution in [0.2, 0.25) is 0 Å². The minimum absolute atomic E-state index is 0.0175. The summed E-state index contributed by atoms with van der Waals surface area (Å²) in [6.07, 6.45) is 3.99. The van der Waals surface area contributed by atoms with Crippen molar-refractivity contribution in [1.82, 2.24) is 10.2 Å². The maximum absolute atomic E-state index is 14.0. The van der Waals surface area contributed by atoms with E-state index in [0.29, 0.717) is 19.3 Å². The van der Waals surface area contributed by atoms with Crippen LogP contribution in [0.25, 0.3) is 0 Å². The molecule has 2 heterocycles. The number of ether oxygens (including phenoxy) is 2. The fraction of sp³-hybridized carbons (Fsp3) is 0.538. The van der Waals surface area contributed by atoms with Gasteiger partial charge in [-0.3, -0.25) is 19.1 Å². The summed E-state index contributed by atoms with van der Waals surface area (Å²) < 4.78 is 40.6. The molecule has 1 aromatic rings. The molecular weight excluding hydrogens is 542 g/mol. The molecule has 4 rings (SSSR count). The van der Waals surface area contributed by atoms with Gasteiger partial charge in [0.05, 0.1) is 12.8 Å². The zero-order chi connectivity index (χ0) is 29.1. The highest BCUT2D eigenvalue weighted by Gasteiger charge is 2.67. The number of benzene rings is 1. The lowest BCUT2D eigenvalue weighted by Crippen LogP contribution is -2.68. The quantitative estimate of drug-likeness (QED) is 0.284. The number of nitrogens with zero attached hydrogens (tertiary/aromatic N) is 1. The maximum atomic E-state index is 14.0. The summed E-state index contributed by atoms with van der Waals surface area (Å²) in [7, 11) is -2.92. The second-order valence-electron chi connectivity index (χ2n) is 10.3. The number of methoxy groups -OCH3 is 1. The predicted octanol–water partition coefficient (Wildman–Crippen LogP) is 1.10. The van der Waals surface area contributed by atoms with Gasteiger partial charge in [0, 0.05) is 12.5 Å². The van der Waals surface area contributed by atoms with Crippen molar-refractivity contribution in [2.45, 2.75) is 67.9 Å². The number of nitrogens with two attached hydrogens (primary N) is 2. The molecule has 6 N–H and O–H groups in total. The predicted molar refractivity (Wildman–Crippen MR) is 144 cm³/mol. The van der Waals surface area contributed by atoms with Gasteiger partial charge < -0.3 is 31.2 Å². The van der Waals surface area contributed by atoms with E-state index in [1.807, 2.05) is 6.08 Å². The Morgan fingerprint density at radius 2 is 1.88 bits per heavy atom. The van der Waals surface area contributed by atoms with Crippen LogP contribution in [0.3, 0.4) is 0 Å². The summed E-state index contributed by atoms with van der Waals surface area (Å²) in [4.78, 5) is 51.2. The Labute approximate surface area is 232 Å². The summed E-state index contributed by atoms with van der Waals surface area (Å²) in [6, 6.07) is 6.42. The average Bonchev–Trinajstić information content (AvgIpc) is 3.41. The zero-order valence-corrected chi connectivity index (χ0v) is 23.1. The smallest absolute Gasteiger partial charge is 0.405 e. The van der Waals surface area contributed by atoms with Crippen LogP contribution in [0.15, 0.2) is 36.4 Å². The van der Waals surface area contributed by atoms with Crippen molar-refractivity contribution in [3.05, 3.63) is 36.4 Å². The molecule has 1 aliphatic carbocycles. The van der Waals surface area contributed by atoms with E-state index in [0.717, 1.165) is 11.3 Å². The van der Waals surface area contributed by atoms with E-state index in [2.05, 4.69) is 10.0 Å². The van der Waals surface area contributed by atoms with Crippen molar-refractivity contribution in [2.75, 3.05) is 18.4 Å². The Bertz CT molecular complexity index is 1320. The van der Waals surface area contributed by atoms with Gasteiger partial charge in [0.25, 0.3) is 27.7 Å². The monoisotopic (exact) mass is 577 g/mol. The summed E-state index contributed by atoms with van der Waals surface area (Å²) in [5, 5.41) is 2.60. The van der Waals surface area contributed by atoms with Crippen LogP contribution in [0.1, 0.15) is 51.4 Å². The van der Waals surface area contributed by atoms with Crippen molar-refractivity contribution in [2.24, 2.45) is 17.4 Å². The van der Waals surface area contributed by atoms with Gasteiger partial charge in [0.1, 0.15) is 5.75 Å². The Kier molecular flexibility index (Phi) is 8.28. The largest absolute Gasteiger partial charge is 0.495 e. The van der Waals surface area contributed by atoms with Gasteiger partial charge in [-0.1, -0.05) is 30.7 Å². The Balaban J connectivity index is 1.75. The Morgan fingerprint density at radius 3 is 2.58 bits per heavy atom. The highest BCUT2D eigenvalue weighted by atomic mass is 32.2. The number of allylic oxidation sites excluding steroid dienone is 1. The highest BCUT2D eigenvalue weighted by Crippen LogP contribution is 2.50. The normalized spacial score (nSPS) is 30.0. The number of anilines is 1. The number of carbonyl (C=O) groups is 4. The first-order chi connectivity index (χ1) is 19.0. The first-order valence-electron chi connectivity index (χ1n) is 13.2. The van der Waals surface area contributed by atoms with Gasteiger partial charge in [0.15, 0.2) is 11.0 Å². The lowest BCUT2D eigenvalue weighted by Gasteiger charge is -2.37. The molecule has 2 fully saturated rings. The first-order valence-corrected chi connectivity index (χ1v) is 14.7. The first kappa shape index (κ1) is 29.2. The van der Waals surface area contributed by atoms with Gasteiger partial charge >= 0.3 is 6.09 Å². The maximum Gasteiger partial charge on any atom is 0.405 e. The molecule has 14 heteroatoms. The van der Waals surface area contributed by atoms with Crippen LogP contribution in [0, 0.1) is 5.92 Å². The Hall–Kier alpha value is -3.81. The van der Waals surface area contributed by atoms with Crippen molar-refractivity contribution >= 4 is 39.5 Å². The average molecular weight is 578 g/mol. The number of rotatable bonds is 6. The van der Waals surface area contributed by atoms with E-state index in [1.165, 1.54) is 13.2 Å². The Morgan fingerprint density at radius 1 is 1.12 bits per heavy atom. The second kappa shape index (κ2) is 11.4. The molecule has 218 valence electrons. The molecule has 4 unspecified atom stereocenters. The third-order valence-electron chi connectivity index (χ3n) is 7.79. The van der Waals surface area contributed by atoms with E-state index in [-0.39, 0.29) is 43.7 Å². The molecule has 1 aromatic carbocycles. The van der Waals surface area contributed by atoms with Crippen LogP contribution >= 0.6 is 0 Å². The number of amides is 4. The van der Waals surface area contributed by atoms with Crippen LogP contribution in [-0.2, 0) is 29.1 Å². The van der Waals surface area contributed by atoms with Gasteiger partial charge in [-0.15, -0.1) is 0 Å². The third-order valence-corrected chi connectivity index (χ3v) is 9.81. The van der Waals surface area contributed by atoms with E-state index in [9.17, 15) is 27.6 Å². The summed E-state index contributed by atoms with van der Waals surface area (Å²) in [5.41, 5.74) is 8.95. The number of para-hydroxylation sites is 2. The SMILES string of the molecule is COc1ccccc1NS(=O)(=O)C12CC1/C=C\CCCCCC(OC(N)=O)C(=O)N1CCCC1(C(N)=O)C(=O)N2. The number of hydrogen-bond acceptors (Lipinski definition) is 8. The summed E-state index contributed by atoms with van der Waals surface area (Å²) in [5.74, 6) is -3.24. The van der Waals surface area contributed by atoms with Gasteiger partial charge in [0.2, 0.25) is 5.54 Å². The molecule has 40 heavy (non-hydrogen) atoms. The third kappa shape index (κ3) is 5.31.